The predicted molar refractivity (Wildman–Crippen MR) is 110 cm³/mol. The van der Waals surface area contributed by atoms with Crippen molar-refractivity contribution < 1.29 is 13.2 Å². The van der Waals surface area contributed by atoms with E-state index in [0.717, 1.165) is 25.1 Å². The number of carbonyl (C=O) groups excluding carboxylic acids is 1. The van der Waals surface area contributed by atoms with Crippen molar-refractivity contribution in [2.45, 2.75) is 31.2 Å². The quantitative estimate of drug-likeness (QED) is 0.836. The van der Waals surface area contributed by atoms with Gasteiger partial charge in [-0.05, 0) is 38.0 Å². The minimum absolute atomic E-state index is 0.0981. The zero-order chi connectivity index (χ0) is 20.1. The van der Waals surface area contributed by atoms with Crippen molar-refractivity contribution in [3.8, 4) is 0 Å². The number of piperazine rings is 1. The average molecular weight is 402 g/mol. The van der Waals surface area contributed by atoms with Gasteiger partial charge in [-0.15, -0.1) is 0 Å². The third-order valence-corrected chi connectivity index (χ3v) is 6.47. The van der Waals surface area contributed by atoms with Crippen molar-refractivity contribution >= 4 is 16.1 Å². The maximum absolute atomic E-state index is 12.5. The smallest absolute Gasteiger partial charge is 0.321 e. The van der Waals surface area contributed by atoms with Gasteiger partial charge in [0, 0.05) is 32.2 Å². The Balaban J connectivity index is 1.54. The average Bonchev–Trinajstić information content (AvgIpc) is 2.68. The molecule has 7 heteroatoms. The van der Waals surface area contributed by atoms with Crippen molar-refractivity contribution in [3.05, 3.63) is 65.7 Å². The number of amides is 2. The van der Waals surface area contributed by atoms with E-state index in [1.54, 1.807) is 17.0 Å². The Morgan fingerprint density at radius 1 is 1.07 bits per heavy atom. The third-order valence-electron chi connectivity index (χ3n) is 5.14. The first kappa shape index (κ1) is 20.4. The van der Waals surface area contributed by atoms with Crippen LogP contribution in [0, 0.1) is 6.92 Å². The van der Waals surface area contributed by atoms with Crippen molar-refractivity contribution in [3.63, 3.8) is 0 Å². The maximum Gasteiger partial charge on any atom is 0.331 e. The molecule has 3 rings (SSSR count). The van der Waals surface area contributed by atoms with Crippen molar-refractivity contribution in [2.24, 2.45) is 0 Å². The molecule has 0 saturated carbocycles. The van der Waals surface area contributed by atoms with E-state index in [0.29, 0.717) is 13.1 Å². The lowest BCUT2D eigenvalue weighted by atomic mass is 10.1. The summed E-state index contributed by atoms with van der Waals surface area (Å²) in [5, 5.41) is 0. The molecule has 1 aliphatic rings. The molecule has 0 aliphatic carbocycles. The van der Waals surface area contributed by atoms with Crippen LogP contribution in [0.15, 0.2) is 59.5 Å². The van der Waals surface area contributed by atoms with E-state index in [1.807, 2.05) is 25.1 Å². The first-order valence-corrected chi connectivity index (χ1v) is 11.0. The Labute approximate surface area is 167 Å². The van der Waals surface area contributed by atoms with Gasteiger partial charge in [0.25, 0.3) is 10.0 Å². The largest absolute Gasteiger partial charge is 0.331 e. The molecule has 2 aromatic rings. The number of benzene rings is 2. The van der Waals surface area contributed by atoms with Crippen LogP contribution in [-0.4, -0.2) is 56.5 Å². The molecule has 1 N–H and O–H groups in total. The molecule has 150 valence electrons. The second kappa shape index (κ2) is 8.75. The minimum Gasteiger partial charge on any atom is -0.321 e. The zero-order valence-electron chi connectivity index (χ0n) is 16.3. The maximum atomic E-state index is 12.5. The molecule has 2 amide bonds. The number of rotatable bonds is 5. The van der Waals surface area contributed by atoms with Gasteiger partial charge < -0.3 is 4.90 Å². The van der Waals surface area contributed by atoms with E-state index in [2.05, 4.69) is 28.7 Å². The highest BCUT2D eigenvalue weighted by Gasteiger charge is 2.29. The molecule has 1 fully saturated rings. The molecule has 2 aromatic carbocycles. The predicted octanol–water partition coefficient (Wildman–Crippen LogP) is 2.64. The van der Waals surface area contributed by atoms with E-state index in [1.165, 1.54) is 17.7 Å². The SMILES string of the molecule is Cc1ccc(S(=O)(=O)NC(=O)N2CCN(CCc3ccccc3)C(C)C2)cc1. The molecule has 1 aliphatic heterocycles. The normalized spacial score (nSPS) is 18.1. The summed E-state index contributed by atoms with van der Waals surface area (Å²) in [6, 6.07) is 16.4. The highest BCUT2D eigenvalue weighted by molar-refractivity contribution is 7.90. The van der Waals surface area contributed by atoms with Crippen LogP contribution in [0.3, 0.4) is 0 Å². The van der Waals surface area contributed by atoms with Gasteiger partial charge in [-0.25, -0.2) is 17.9 Å². The summed E-state index contributed by atoms with van der Waals surface area (Å²) in [5.41, 5.74) is 2.25. The fraction of sp³-hybridized carbons (Fsp3) is 0.381. The van der Waals surface area contributed by atoms with Crippen LogP contribution >= 0.6 is 0 Å². The third kappa shape index (κ3) is 5.11. The Morgan fingerprint density at radius 2 is 1.75 bits per heavy atom. The Kier molecular flexibility index (Phi) is 6.36. The fourth-order valence-electron chi connectivity index (χ4n) is 3.39. The monoisotopic (exact) mass is 401 g/mol. The summed E-state index contributed by atoms with van der Waals surface area (Å²) in [7, 11) is -3.86. The second-order valence-corrected chi connectivity index (χ2v) is 8.97. The standard InChI is InChI=1S/C21H27N3O3S/c1-17-8-10-20(11-9-17)28(26,27)22-21(25)24-15-14-23(18(2)16-24)13-12-19-6-4-3-5-7-19/h3-11,18H,12-16H2,1-2H3,(H,22,25). The van der Waals surface area contributed by atoms with Crippen LogP contribution in [0.2, 0.25) is 0 Å². The number of aryl methyl sites for hydroxylation is 1. The molecule has 0 spiro atoms. The summed E-state index contributed by atoms with van der Waals surface area (Å²) in [6.07, 6.45) is 0.958. The Hall–Kier alpha value is -2.38. The summed E-state index contributed by atoms with van der Waals surface area (Å²) in [4.78, 5) is 16.5. The van der Waals surface area contributed by atoms with Gasteiger partial charge in [0.15, 0.2) is 0 Å². The second-order valence-electron chi connectivity index (χ2n) is 7.29. The number of hydrogen-bond acceptors (Lipinski definition) is 4. The summed E-state index contributed by atoms with van der Waals surface area (Å²) < 4.78 is 27.1. The van der Waals surface area contributed by atoms with Gasteiger partial charge in [0.05, 0.1) is 4.90 Å². The van der Waals surface area contributed by atoms with E-state index in [4.69, 9.17) is 0 Å². The van der Waals surface area contributed by atoms with Gasteiger partial charge in [-0.2, -0.15) is 0 Å². The molecular weight excluding hydrogens is 374 g/mol. The fourth-order valence-corrected chi connectivity index (χ4v) is 4.36. The van der Waals surface area contributed by atoms with Crippen LogP contribution in [0.25, 0.3) is 0 Å². The molecule has 0 aromatic heterocycles. The topological polar surface area (TPSA) is 69.7 Å². The summed E-state index contributed by atoms with van der Waals surface area (Å²) in [6.45, 7) is 6.61. The van der Waals surface area contributed by atoms with Gasteiger partial charge >= 0.3 is 6.03 Å². The number of carbonyl (C=O) groups is 1. The van der Waals surface area contributed by atoms with Crippen molar-refractivity contribution in [1.29, 1.82) is 0 Å². The number of nitrogens with one attached hydrogen (secondary N) is 1. The Morgan fingerprint density at radius 3 is 2.39 bits per heavy atom. The Bertz CT molecular complexity index is 898. The van der Waals surface area contributed by atoms with Gasteiger partial charge in [0.1, 0.15) is 0 Å². The van der Waals surface area contributed by atoms with Crippen LogP contribution in [0.4, 0.5) is 4.79 Å². The highest BCUT2D eigenvalue weighted by Crippen LogP contribution is 2.14. The molecule has 28 heavy (non-hydrogen) atoms. The van der Waals surface area contributed by atoms with E-state index >= 15 is 0 Å². The lowest BCUT2D eigenvalue weighted by Crippen LogP contribution is -2.56. The van der Waals surface area contributed by atoms with Crippen LogP contribution in [0.5, 0.6) is 0 Å². The lowest BCUT2D eigenvalue weighted by Gasteiger charge is -2.39. The van der Waals surface area contributed by atoms with Crippen LogP contribution in [-0.2, 0) is 16.4 Å². The molecular formula is C21H27N3O3S. The molecule has 0 bridgehead atoms. The van der Waals surface area contributed by atoms with Crippen LogP contribution < -0.4 is 4.72 Å². The van der Waals surface area contributed by atoms with Gasteiger partial charge in [0.2, 0.25) is 0 Å². The number of hydrogen-bond donors (Lipinski definition) is 1. The van der Waals surface area contributed by atoms with Crippen molar-refractivity contribution in [1.82, 2.24) is 14.5 Å². The van der Waals surface area contributed by atoms with Gasteiger partial charge in [-0.1, -0.05) is 48.0 Å². The van der Waals surface area contributed by atoms with E-state index < -0.39 is 16.1 Å². The first-order chi connectivity index (χ1) is 13.3. The number of nitrogens with zero attached hydrogens (tertiary/aromatic N) is 2. The number of urea groups is 1. The van der Waals surface area contributed by atoms with E-state index in [9.17, 15) is 13.2 Å². The molecule has 1 unspecified atom stereocenters. The molecule has 1 heterocycles. The highest BCUT2D eigenvalue weighted by atomic mass is 32.2. The first-order valence-electron chi connectivity index (χ1n) is 9.51. The molecule has 6 nitrogen and oxygen atoms in total. The van der Waals surface area contributed by atoms with Crippen molar-refractivity contribution in [2.75, 3.05) is 26.2 Å². The molecule has 1 atom stereocenters. The minimum atomic E-state index is -3.86. The van der Waals surface area contributed by atoms with Gasteiger partial charge in [-0.3, -0.25) is 4.90 Å². The zero-order valence-corrected chi connectivity index (χ0v) is 17.2. The molecule has 1 saturated heterocycles. The summed E-state index contributed by atoms with van der Waals surface area (Å²) in [5.74, 6) is 0. The van der Waals surface area contributed by atoms with E-state index in [-0.39, 0.29) is 10.9 Å². The van der Waals surface area contributed by atoms with Crippen LogP contribution in [0.1, 0.15) is 18.1 Å². The number of sulfonamides is 1. The lowest BCUT2D eigenvalue weighted by molar-refractivity contribution is 0.101. The molecule has 0 radical (unpaired) electrons. The summed E-state index contributed by atoms with van der Waals surface area (Å²) >= 11 is 0.